The molecule has 0 aliphatic heterocycles. The number of aromatic nitrogens is 2. The summed E-state index contributed by atoms with van der Waals surface area (Å²) in [7, 11) is -0.217. The average Bonchev–Trinajstić information content (AvgIpc) is 3.44. The van der Waals surface area contributed by atoms with Crippen molar-refractivity contribution in [2.45, 2.75) is 82.8 Å². The highest BCUT2D eigenvalue weighted by Gasteiger charge is 2.32. The van der Waals surface area contributed by atoms with Gasteiger partial charge in [-0.2, -0.15) is 13.5 Å². The SMILES string of the molecule is CC(C)c1cc(Cl)cc(C(C)C)c1CC(=O)NS(=O)(=O)c1cc(C(C)N(C)C)n(C2CC2)n1. The van der Waals surface area contributed by atoms with Gasteiger partial charge in [0.2, 0.25) is 5.91 Å². The highest BCUT2D eigenvalue weighted by atomic mass is 35.5. The molecule has 3 rings (SSSR count). The first-order valence-electron chi connectivity index (χ1n) is 11.5. The van der Waals surface area contributed by atoms with Crippen LogP contribution in [-0.2, 0) is 21.2 Å². The Labute approximate surface area is 202 Å². The van der Waals surface area contributed by atoms with Crippen LogP contribution in [0.3, 0.4) is 0 Å². The van der Waals surface area contributed by atoms with Gasteiger partial charge in [0, 0.05) is 17.1 Å². The third-order valence-corrected chi connectivity index (χ3v) is 7.69. The fourth-order valence-corrected chi connectivity index (χ4v) is 5.20. The lowest BCUT2D eigenvalue weighted by Crippen LogP contribution is -2.32. The van der Waals surface area contributed by atoms with E-state index in [1.54, 1.807) is 10.7 Å². The molecule has 1 N–H and O–H groups in total. The van der Waals surface area contributed by atoms with E-state index in [1.165, 1.54) is 0 Å². The van der Waals surface area contributed by atoms with Crippen molar-refractivity contribution in [1.29, 1.82) is 0 Å². The van der Waals surface area contributed by atoms with Crippen LogP contribution in [0.1, 0.15) is 93.8 Å². The van der Waals surface area contributed by atoms with E-state index in [2.05, 4.69) is 9.82 Å². The van der Waals surface area contributed by atoms with Gasteiger partial charge in [-0.3, -0.25) is 9.48 Å². The summed E-state index contributed by atoms with van der Waals surface area (Å²) in [5, 5.41) is 4.88. The van der Waals surface area contributed by atoms with Gasteiger partial charge in [0.25, 0.3) is 10.0 Å². The molecule has 1 aliphatic carbocycles. The van der Waals surface area contributed by atoms with E-state index in [4.69, 9.17) is 11.6 Å². The van der Waals surface area contributed by atoms with Gasteiger partial charge in [0.1, 0.15) is 0 Å². The summed E-state index contributed by atoms with van der Waals surface area (Å²) in [6, 6.07) is 5.52. The highest BCUT2D eigenvalue weighted by Crippen LogP contribution is 2.38. The Bertz CT molecular complexity index is 1110. The molecule has 1 heterocycles. The van der Waals surface area contributed by atoms with Gasteiger partial charge in [0.15, 0.2) is 5.03 Å². The zero-order chi connectivity index (χ0) is 24.7. The van der Waals surface area contributed by atoms with Crippen LogP contribution in [-0.4, -0.2) is 43.1 Å². The van der Waals surface area contributed by atoms with E-state index in [0.29, 0.717) is 5.02 Å². The van der Waals surface area contributed by atoms with Gasteiger partial charge < -0.3 is 4.90 Å². The van der Waals surface area contributed by atoms with Gasteiger partial charge in [0.05, 0.1) is 18.2 Å². The van der Waals surface area contributed by atoms with Crippen molar-refractivity contribution >= 4 is 27.5 Å². The van der Waals surface area contributed by atoms with E-state index in [1.807, 2.05) is 65.7 Å². The van der Waals surface area contributed by atoms with E-state index < -0.39 is 15.9 Å². The minimum Gasteiger partial charge on any atom is -0.301 e. The predicted octanol–water partition coefficient (Wildman–Crippen LogP) is 4.79. The van der Waals surface area contributed by atoms with Crippen molar-refractivity contribution in [3.8, 4) is 0 Å². The molecule has 0 spiro atoms. The monoisotopic (exact) mass is 494 g/mol. The van der Waals surface area contributed by atoms with Crippen LogP contribution in [0, 0.1) is 0 Å². The van der Waals surface area contributed by atoms with Crippen molar-refractivity contribution in [3.63, 3.8) is 0 Å². The topological polar surface area (TPSA) is 84.3 Å². The summed E-state index contributed by atoms with van der Waals surface area (Å²) in [6.07, 6.45) is 1.92. The third kappa shape index (κ3) is 5.78. The second-order valence-electron chi connectivity index (χ2n) is 9.80. The number of carbonyl (C=O) groups is 1. The normalized spacial score (nSPS) is 15.5. The maximum absolute atomic E-state index is 13.1. The van der Waals surface area contributed by atoms with Crippen molar-refractivity contribution in [3.05, 3.63) is 45.6 Å². The maximum atomic E-state index is 13.1. The molecule has 1 amide bonds. The summed E-state index contributed by atoms with van der Waals surface area (Å²) in [5.41, 5.74) is 3.58. The first-order chi connectivity index (χ1) is 15.3. The van der Waals surface area contributed by atoms with Gasteiger partial charge in [-0.1, -0.05) is 39.3 Å². The Hall–Kier alpha value is -1.90. The summed E-state index contributed by atoms with van der Waals surface area (Å²) < 4.78 is 30.2. The van der Waals surface area contributed by atoms with E-state index in [0.717, 1.165) is 35.2 Å². The molecule has 33 heavy (non-hydrogen) atoms. The maximum Gasteiger partial charge on any atom is 0.283 e. The lowest BCUT2D eigenvalue weighted by atomic mass is 9.87. The predicted molar refractivity (Wildman–Crippen MR) is 131 cm³/mol. The molecular weight excluding hydrogens is 460 g/mol. The van der Waals surface area contributed by atoms with Crippen LogP contribution in [0.25, 0.3) is 0 Å². The summed E-state index contributed by atoms with van der Waals surface area (Å²) in [5.74, 6) is -0.292. The first kappa shape index (κ1) is 25.7. The molecule has 1 unspecified atom stereocenters. The van der Waals surface area contributed by atoms with Crippen LogP contribution in [0.15, 0.2) is 23.2 Å². The molecule has 182 valence electrons. The first-order valence-corrected chi connectivity index (χ1v) is 13.3. The summed E-state index contributed by atoms with van der Waals surface area (Å²) in [4.78, 5) is 15.0. The Kier molecular flexibility index (Phi) is 7.61. The Morgan fingerprint density at radius 2 is 1.67 bits per heavy atom. The van der Waals surface area contributed by atoms with Crippen LogP contribution < -0.4 is 4.72 Å². The quantitative estimate of drug-likeness (QED) is 0.541. The number of nitrogens with one attached hydrogen (secondary N) is 1. The Balaban J connectivity index is 1.89. The molecule has 0 saturated heterocycles. The van der Waals surface area contributed by atoms with Crippen LogP contribution in [0.4, 0.5) is 0 Å². The number of carbonyl (C=O) groups excluding carboxylic acids is 1. The number of halogens is 1. The third-order valence-electron chi connectivity index (χ3n) is 6.23. The van der Waals surface area contributed by atoms with Crippen LogP contribution in [0.2, 0.25) is 5.02 Å². The van der Waals surface area contributed by atoms with Crippen molar-refractivity contribution in [1.82, 2.24) is 19.4 Å². The zero-order valence-electron chi connectivity index (χ0n) is 20.5. The lowest BCUT2D eigenvalue weighted by molar-refractivity contribution is -0.118. The number of sulfonamides is 1. The average molecular weight is 495 g/mol. The number of nitrogens with zero attached hydrogens (tertiary/aromatic N) is 3. The van der Waals surface area contributed by atoms with E-state index in [9.17, 15) is 13.2 Å². The van der Waals surface area contributed by atoms with Crippen LogP contribution >= 0.6 is 11.6 Å². The molecule has 0 radical (unpaired) electrons. The van der Waals surface area contributed by atoms with Crippen LogP contribution in [0.5, 0.6) is 0 Å². The lowest BCUT2D eigenvalue weighted by Gasteiger charge is -2.20. The molecule has 9 heteroatoms. The van der Waals surface area contributed by atoms with E-state index >= 15 is 0 Å². The van der Waals surface area contributed by atoms with Gasteiger partial charge in [-0.15, -0.1) is 0 Å². The molecular formula is C24H35ClN4O3S. The number of hydrogen-bond donors (Lipinski definition) is 1. The molecule has 7 nitrogen and oxygen atoms in total. The molecule has 1 aromatic carbocycles. The molecule has 0 bridgehead atoms. The molecule has 1 saturated carbocycles. The highest BCUT2D eigenvalue weighted by molar-refractivity contribution is 7.90. The zero-order valence-corrected chi connectivity index (χ0v) is 22.1. The largest absolute Gasteiger partial charge is 0.301 e. The molecule has 1 aliphatic rings. The Morgan fingerprint density at radius 3 is 2.12 bits per heavy atom. The van der Waals surface area contributed by atoms with Gasteiger partial charge in [-0.05, 0) is 74.5 Å². The minimum atomic E-state index is -4.10. The fraction of sp³-hybridized carbons (Fsp3) is 0.583. The number of rotatable bonds is 9. The number of hydrogen-bond acceptors (Lipinski definition) is 5. The van der Waals surface area contributed by atoms with Crippen molar-refractivity contribution in [2.75, 3.05) is 14.1 Å². The van der Waals surface area contributed by atoms with E-state index in [-0.39, 0.29) is 35.4 Å². The summed E-state index contributed by atoms with van der Waals surface area (Å²) in [6.45, 7) is 10.1. The minimum absolute atomic E-state index is 0.00554. The molecule has 1 fully saturated rings. The Morgan fingerprint density at radius 1 is 1.12 bits per heavy atom. The number of amides is 1. The number of benzene rings is 1. The second-order valence-corrected chi connectivity index (χ2v) is 11.9. The molecule has 1 atom stereocenters. The van der Waals surface area contributed by atoms with Gasteiger partial charge in [-0.25, -0.2) is 4.72 Å². The standard InChI is InChI=1S/C24H35ClN4O3S/c1-14(2)19-10-17(25)11-20(15(3)4)21(19)12-23(30)27-33(31,32)24-13-22(16(5)28(6)7)29(26-24)18-8-9-18/h10-11,13-16,18H,8-9,12H2,1-7H3,(H,27,30). The molecule has 1 aromatic heterocycles. The summed E-state index contributed by atoms with van der Waals surface area (Å²) >= 11 is 6.32. The van der Waals surface area contributed by atoms with Gasteiger partial charge >= 0.3 is 0 Å². The second kappa shape index (κ2) is 9.76. The molecule has 2 aromatic rings. The van der Waals surface area contributed by atoms with Crippen molar-refractivity contribution in [2.24, 2.45) is 0 Å². The van der Waals surface area contributed by atoms with Crippen molar-refractivity contribution < 1.29 is 13.2 Å². The smallest absolute Gasteiger partial charge is 0.283 e. The fourth-order valence-electron chi connectivity index (χ4n) is 4.02.